The molecule has 0 aliphatic heterocycles. The van der Waals surface area contributed by atoms with Gasteiger partial charge in [0, 0.05) is 24.3 Å². The number of benzene rings is 1. The number of hydrogen-bond donors (Lipinski definition) is 0. The van der Waals surface area contributed by atoms with Crippen molar-refractivity contribution < 1.29 is 19.0 Å². The molecule has 0 radical (unpaired) electrons. The Kier molecular flexibility index (Phi) is 9.70. The molecule has 0 saturated carbocycles. The summed E-state index contributed by atoms with van der Waals surface area (Å²) in [5.74, 6) is 0.836. The van der Waals surface area contributed by atoms with E-state index in [1.165, 1.54) is 0 Å². The highest BCUT2D eigenvalue weighted by Crippen LogP contribution is 2.31. The van der Waals surface area contributed by atoms with Gasteiger partial charge in [-0.25, -0.2) is 0 Å². The molecule has 0 aliphatic rings. The molecule has 1 aromatic rings. The highest BCUT2D eigenvalue weighted by Gasteiger charge is 2.18. The lowest BCUT2D eigenvalue weighted by Gasteiger charge is -2.22. The van der Waals surface area contributed by atoms with Crippen LogP contribution in [0.25, 0.3) is 0 Å². The van der Waals surface area contributed by atoms with Crippen LogP contribution in [0.3, 0.4) is 0 Å². The zero-order valence-corrected chi connectivity index (χ0v) is 14.9. The van der Waals surface area contributed by atoms with E-state index in [0.717, 1.165) is 30.8 Å². The molecule has 0 fully saturated rings. The fraction of sp³-hybridized carbons (Fsp3) is 0.611. The molecule has 22 heavy (non-hydrogen) atoms. The van der Waals surface area contributed by atoms with Crippen molar-refractivity contribution >= 4 is 6.29 Å². The van der Waals surface area contributed by atoms with E-state index < -0.39 is 0 Å². The van der Waals surface area contributed by atoms with Gasteiger partial charge in [-0.05, 0) is 44.4 Å². The molecule has 0 atom stereocenters. The number of ether oxygens (including phenoxy) is 3. The molecule has 0 amide bonds. The molecule has 4 nitrogen and oxygen atoms in total. The second kappa shape index (κ2) is 10.4. The summed E-state index contributed by atoms with van der Waals surface area (Å²) in [6, 6.07) is 5.48. The van der Waals surface area contributed by atoms with Crippen LogP contribution >= 0.6 is 0 Å². The van der Waals surface area contributed by atoms with Gasteiger partial charge in [0.2, 0.25) is 0 Å². The van der Waals surface area contributed by atoms with E-state index in [2.05, 4.69) is 20.8 Å². The Hall–Kier alpha value is -1.39. The Morgan fingerprint density at radius 1 is 1.14 bits per heavy atom. The molecule has 0 aliphatic carbocycles. The number of methoxy groups -OCH3 is 1. The molecule has 1 aromatic carbocycles. The minimum Gasteiger partial charge on any atom is -0.496 e. The van der Waals surface area contributed by atoms with Crippen molar-refractivity contribution in [3.63, 3.8) is 0 Å². The van der Waals surface area contributed by atoms with Crippen molar-refractivity contribution in [1.29, 1.82) is 0 Å². The van der Waals surface area contributed by atoms with Crippen LogP contribution in [0.15, 0.2) is 18.2 Å². The summed E-state index contributed by atoms with van der Waals surface area (Å²) in [4.78, 5) is 10.6. The Bertz CT molecular complexity index is 429. The lowest BCUT2D eigenvalue weighted by molar-refractivity contribution is -0.123. The van der Waals surface area contributed by atoms with Gasteiger partial charge in [0.1, 0.15) is 12.0 Å². The molecule has 0 spiro atoms. The third kappa shape index (κ3) is 7.57. The van der Waals surface area contributed by atoms with Crippen molar-refractivity contribution in [2.24, 2.45) is 0 Å². The van der Waals surface area contributed by atoms with Crippen LogP contribution in [-0.2, 0) is 14.9 Å². The first-order valence-electron chi connectivity index (χ1n) is 7.67. The fourth-order valence-electron chi connectivity index (χ4n) is 1.90. The van der Waals surface area contributed by atoms with E-state index in [0.29, 0.717) is 5.56 Å². The van der Waals surface area contributed by atoms with E-state index in [4.69, 9.17) is 14.2 Å². The molecule has 0 aromatic heterocycles. The summed E-state index contributed by atoms with van der Waals surface area (Å²) in [7, 11) is 1.64. The first-order chi connectivity index (χ1) is 10.3. The standard InChI is InChI=1S/C12H16O2.C6H14O2/c1-12(2,3)10-7-9(8-13)5-6-11(10)14-4;1-4-7-6(3)8-5-2/h5-8H,1-4H3;6H,4-5H2,1-3H3. The quantitative estimate of drug-likeness (QED) is 0.583. The van der Waals surface area contributed by atoms with E-state index in [-0.39, 0.29) is 11.7 Å². The highest BCUT2D eigenvalue weighted by atomic mass is 16.7. The van der Waals surface area contributed by atoms with Crippen molar-refractivity contribution in [1.82, 2.24) is 0 Å². The maximum atomic E-state index is 10.6. The topological polar surface area (TPSA) is 44.8 Å². The second-order valence-electron chi connectivity index (χ2n) is 5.81. The fourth-order valence-corrected chi connectivity index (χ4v) is 1.90. The number of carbonyl (C=O) groups excluding carboxylic acids is 1. The van der Waals surface area contributed by atoms with Gasteiger partial charge < -0.3 is 14.2 Å². The van der Waals surface area contributed by atoms with Gasteiger partial charge in [0.25, 0.3) is 0 Å². The molecule has 0 heterocycles. The molecule has 0 unspecified atom stereocenters. The maximum absolute atomic E-state index is 10.6. The minimum atomic E-state index is -0.0370. The van der Waals surface area contributed by atoms with Gasteiger partial charge in [-0.2, -0.15) is 0 Å². The molecule has 0 saturated heterocycles. The predicted molar refractivity (Wildman–Crippen MR) is 89.8 cm³/mol. The van der Waals surface area contributed by atoms with Crippen LogP contribution in [0, 0.1) is 0 Å². The van der Waals surface area contributed by atoms with Crippen molar-refractivity contribution in [2.75, 3.05) is 20.3 Å². The van der Waals surface area contributed by atoms with Crippen LogP contribution in [0.4, 0.5) is 0 Å². The molecular formula is C18H30O4. The summed E-state index contributed by atoms with van der Waals surface area (Å²) >= 11 is 0. The summed E-state index contributed by atoms with van der Waals surface area (Å²) in [6.07, 6.45) is 0.819. The van der Waals surface area contributed by atoms with E-state index >= 15 is 0 Å². The van der Waals surface area contributed by atoms with Crippen molar-refractivity contribution in [3.8, 4) is 5.75 Å². The van der Waals surface area contributed by atoms with E-state index in [9.17, 15) is 4.79 Å². The van der Waals surface area contributed by atoms with Gasteiger partial charge in [0.05, 0.1) is 7.11 Å². The van der Waals surface area contributed by atoms with Crippen molar-refractivity contribution in [2.45, 2.75) is 53.2 Å². The smallest absolute Gasteiger partial charge is 0.154 e. The zero-order valence-electron chi connectivity index (χ0n) is 14.9. The highest BCUT2D eigenvalue weighted by molar-refractivity contribution is 5.75. The van der Waals surface area contributed by atoms with Gasteiger partial charge in [-0.1, -0.05) is 20.8 Å². The number of rotatable bonds is 6. The third-order valence-electron chi connectivity index (χ3n) is 2.97. The van der Waals surface area contributed by atoms with Crippen LogP contribution < -0.4 is 4.74 Å². The largest absolute Gasteiger partial charge is 0.496 e. The number of hydrogen-bond acceptors (Lipinski definition) is 4. The Morgan fingerprint density at radius 3 is 2.05 bits per heavy atom. The Labute approximate surface area is 134 Å². The van der Waals surface area contributed by atoms with Gasteiger partial charge in [0.15, 0.2) is 6.29 Å². The van der Waals surface area contributed by atoms with E-state index in [1.54, 1.807) is 13.2 Å². The molecule has 4 heteroatoms. The SMILES string of the molecule is CCOC(C)OCC.COc1ccc(C=O)cc1C(C)(C)C. The summed E-state index contributed by atoms with van der Waals surface area (Å²) in [6.45, 7) is 13.5. The predicted octanol–water partition coefficient (Wildman–Crippen LogP) is 4.21. The van der Waals surface area contributed by atoms with Crippen LogP contribution in [0.2, 0.25) is 0 Å². The maximum Gasteiger partial charge on any atom is 0.154 e. The molecule has 126 valence electrons. The monoisotopic (exact) mass is 310 g/mol. The molecule has 1 rings (SSSR count). The number of carbonyl (C=O) groups is 1. The van der Waals surface area contributed by atoms with Crippen molar-refractivity contribution in [3.05, 3.63) is 29.3 Å². The van der Waals surface area contributed by atoms with Gasteiger partial charge in [-0.3, -0.25) is 4.79 Å². The average molecular weight is 310 g/mol. The molecular weight excluding hydrogens is 280 g/mol. The normalized spacial score (nSPS) is 10.9. The summed E-state index contributed by atoms with van der Waals surface area (Å²) in [5, 5.41) is 0. The first kappa shape index (κ1) is 20.6. The number of aldehydes is 1. The Balaban J connectivity index is 0.000000472. The van der Waals surface area contributed by atoms with Gasteiger partial charge in [-0.15, -0.1) is 0 Å². The average Bonchev–Trinajstić information content (AvgIpc) is 2.47. The minimum absolute atomic E-state index is 0.00956. The summed E-state index contributed by atoms with van der Waals surface area (Å²) in [5.41, 5.74) is 1.74. The first-order valence-corrected chi connectivity index (χ1v) is 7.67. The Morgan fingerprint density at radius 2 is 1.68 bits per heavy atom. The van der Waals surface area contributed by atoms with Gasteiger partial charge >= 0.3 is 0 Å². The van der Waals surface area contributed by atoms with Crippen LogP contribution in [0.5, 0.6) is 5.75 Å². The summed E-state index contributed by atoms with van der Waals surface area (Å²) < 4.78 is 15.4. The van der Waals surface area contributed by atoms with Crippen LogP contribution in [-0.4, -0.2) is 32.9 Å². The van der Waals surface area contributed by atoms with Crippen LogP contribution in [0.1, 0.15) is 57.5 Å². The lowest BCUT2D eigenvalue weighted by atomic mass is 9.85. The third-order valence-corrected chi connectivity index (χ3v) is 2.97. The second-order valence-corrected chi connectivity index (χ2v) is 5.81. The zero-order chi connectivity index (χ0) is 17.2. The molecule has 0 N–H and O–H groups in total. The lowest BCUT2D eigenvalue weighted by Crippen LogP contribution is -2.13. The van der Waals surface area contributed by atoms with E-state index in [1.807, 2.05) is 32.9 Å². The molecule has 0 bridgehead atoms.